The van der Waals surface area contributed by atoms with Crippen molar-refractivity contribution in [2.75, 3.05) is 12.9 Å². The third-order valence-corrected chi connectivity index (χ3v) is 3.97. The van der Waals surface area contributed by atoms with E-state index >= 15 is 0 Å². The molecule has 0 aliphatic carbocycles. The maximum Gasteiger partial charge on any atom is 0.435 e. The summed E-state index contributed by atoms with van der Waals surface area (Å²) in [5.41, 5.74) is -0.717. The largest absolute Gasteiger partial charge is 0.469 e. The normalized spacial score (nSPS) is 13.4. The average molecular weight is 319 g/mol. The lowest BCUT2D eigenvalue weighted by molar-refractivity contribution is -0.144. The molecule has 0 spiro atoms. The van der Waals surface area contributed by atoms with Crippen molar-refractivity contribution >= 4 is 23.2 Å². The lowest BCUT2D eigenvalue weighted by Crippen LogP contribution is -2.14. The fourth-order valence-corrected chi connectivity index (χ4v) is 2.60. The molecule has 1 unspecified atom stereocenters. The number of halogens is 3. The van der Waals surface area contributed by atoms with Crippen molar-refractivity contribution in [1.82, 2.24) is 14.6 Å². The molecule has 114 valence electrons. The van der Waals surface area contributed by atoms with Crippen LogP contribution in [0.15, 0.2) is 23.5 Å². The number of ether oxygens (including phenoxy) is 1. The molecule has 9 heteroatoms. The fraction of sp³-hybridized carbons (Fsp3) is 0.417. The first-order valence-electron chi connectivity index (χ1n) is 5.95. The number of aromatic nitrogens is 3. The van der Waals surface area contributed by atoms with Crippen LogP contribution in [0.5, 0.6) is 0 Å². The third kappa shape index (κ3) is 3.46. The van der Waals surface area contributed by atoms with Crippen LogP contribution in [0.3, 0.4) is 0 Å². The summed E-state index contributed by atoms with van der Waals surface area (Å²) in [4.78, 5) is 15.4. The van der Waals surface area contributed by atoms with Crippen LogP contribution in [0.25, 0.3) is 5.52 Å². The summed E-state index contributed by atoms with van der Waals surface area (Å²) in [6, 6.07) is 0.943. The lowest BCUT2D eigenvalue weighted by atomic mass is 10.2. The van der Waals surface area contributed by atoms with Gasteiger partial charge in [0.1, 0.15) is 5.03 Å². The van der Waals surface area contributed by atoms with E-state index in [1.165, 1.54) is 31.3 Å². The highest BCUT2D eigenvalue weighted by molar-refractivity contribution is 7.99. The number of hydrogen-bond acceptors (Lipinski definition) is 5. The van der Waals surface area contributed by atoms with Gasteiger partial charge in [0.2, 0.25) is 0 Å². The molecule has 0 aromatic carbocycles. The number of hydrogen-bond donors (Lipinski definition) is 0. The Morgan fingerprint density at radius 1 is 1.52 bits per heavy atom. The molecule has 2 aromatic heterocycles. The van der Waals surface area contributed by atoms with Crippen LogP contribution in [0.1, 0.15) is 12.6 Å². The maximum absolute atomic E-state index is 12.7. The van der Waals surface area contributed by atoms with Crippen molar-refractivity contribution < 1.29 is 22.7 Å². The minimum atomic E-state index is -4.51. The standard InChI is InChI=1S/C12H12F3N3O2S/c1-7(11(19)20-2)6-21-10-8-5-9(12(13,14)15)17-18(8)4-3-16-10/h3-5,7H,6H2,1-2H3. The van der Waals surface area contributed by atoms with E-state index in [-0.39, 0.29) is 17.4 Å². The van der Waals surface area contributed by atoms with Gasteiger partial charge in [-0.15, -0.1) is 11.8 Å². The van der Waals surface area contributed by atoms with E-state index in [2.05, 4.69) is 14.8 Å². The molecule has 5 nitrogen and oxygen atoms in total. The molecular weight excluding hydrogens is 307 g/mol. The molecule has 21 heavy (non-hydrogen) atoms. The molecule has 2 rings (SSSR count). The van der Waals surface area contributed by atoms with Crippen molar-refractivity contribution in [2.24, 2.45) is 5.92 Å². The van der Waals surface area contributed by atoms with E-state index < -0.39 is 11.9 Å². The Bertz CT molecular complexity index is 657. The first kappa shape index (κ1) is 15.6. The topological polar surface area (TPSA) is 56.5 Å². The second kappa shape index (κ2) is 5.92. The molecule has 0 aliphatic heterocycles. The van der Waals surface area contributed by atoms with Gasteiger partial charge >= 0.3 is 12.1 Å². The summed E-state index contributed by atoms with van der Waals surface area (Å²) in [7, 11) is 1.29. The summed E-state index contributed by atoms with van der Waals surface area (Å²) in [5.74, 6) is -0.405. The first-order valence-corrected chi connectivity index (χ1v) is 6.93. The lowest BCUT2D eigenvalue weighted by Gasteiger charge is -2.08. The SMILES string of the molecule is COC(=O)C(C)CSc1nccn2nc(C(F)(F)F)cc12. The van der Waals surface area contributed by atoms with Crippen molar-refractivity contribution in [1.29, 1.82) is 0 Å². The first-order chi connectivity index (χ1) is 9.82. The van der Waals surface area contributed by atoms with Crippen molar-refractivity contribution in [3.63, 3.8) is 0 Å². The van der Waals surface area contributed by atoms with Crippen LogP contribution in [-0.4, -0.2) is 33.4 Å². The zero-order chi connectivity index (χ0) is 15.6. The minimum Gasteiger partial charge on any atom is -0.469 e. The third-order valence-electron chi connectivity index (χ3n) is 2.72. The number of fused-ring (bicyclic) bond motifs is 1. The smallest absolute Gasteiger partial charge is 0.435 e. The number of carbonyl (C=O) groups excluding carboxylic acids is 1. The second-order valence-electron chi connectivity index (χ2n) is 4.32. The fourth-order valence-electron chi connectivity index (χ4n) is 1.62. The van der Waals surface area contributed by atoms with E-state index in [1.54, 1.807) is 6.92 Å². The summed E-state index contributed by atoms with van der Waals surface area (Å²) >= 11 is 1.19. The van der Waals surface area contributed by atoms with E-state index in [9.17, 15) is 18.0 Å². The Labute approximate surface area is 122 Å². The summed E-state index contributed by atoms with van der Waals surface area (Å²) in [5, 5.41) is 3.86. The van der Waals surface area contributed by atoms with Crippen LogP contribution in [0.4, 0.5) is 13.2 Å². The van der Waals surface area contributed by atoms with Gasteiger partial charge in [0.05, 0.1) is 18.5 Å². The molecule has 0 saturated carbocycles. The van der Waals surface area contributed by atoms with Gasteiger partial charge in [-0.1, -0.05) is 6.92 Å². The monoisotopic (exact) mass is 319 g/mol. The van der Waals surface area contributed by atoms with Crippen molar-refractivity contribution in [2.45, 2.75) is 18.1 Å². The van der Waals surface area contributed by atoms with Gasteiger partial charge in [-0.3, -0.25) is 4.79 Å². The predicted octanol–water partition coefficient (Wildman–Crippen LogP) is 2.65. The minimum absolute atomic E-state index is 0.256. The van der Waals surface area contributed by atoms with Crippen LogP contribution in [0.2, 0.25) is 0 Å². The van der Waals surface area contributed by atoms with Crippen molar-refractivity contribution in [3.8, 4) is 0 Å². The summed E-state index contributed by atoms with van der Waals surface area (Å²) in [6.07, 6.45) is -1.79. The van der Waals surface area contributed by atoms with Gasteiger partial charge in [0.25, 0.3) is 0 Å². The number of rotatable bonds is 4. The molecular formula is C12H12F3N3O2S. The van der Waals surface area contributed by atoms with Gasteiger partial charge in [-0.25, -0.2) is 9.50 Å². The zero-order valence-corrected chi connectivity index (χ0v) is 12.0. The van der Waals surface area contributed by atoms with Crippen LogP contribution in [0, 0.1) is 5.92 Å². The molecule has 0 aliphatic rings. The highest BCUT2D eigenvalue weighted by Crippen LogP contribution is 2.31. The van der Waals surface area contributed by atoms with Crippen molar-refractivity contribution in [3.05, 3.63) is 24.2 Å². The van der Waals surface area contributed by atoms with Gasteiger partial charge < -0.3 is 4.74 Å². The van der Waals surface area contributed by atoms with Crippen LogP contribution >= 0.6 is 11.8 Å². The quantitative estimate of drug-likeness (QED) is 0.640. The van der Waals surface area contributed by atoms with E-state index in [1.807, 2.05) is 0 Å². The maximum atomic E-state index is 12.7. The van der Waals surface area contributed by atoms with Crippen LogP contribution in [-0.2, 0) is 15.7 Å². The van der Waals surface area contributed by atoms with E-state index in [0.29, 0.717) is 10.8 Å². The second-order valence-corrected chi connectivity index (χ2v) is 5.33. The van der Waals surface area contributed by atoms with Gasteiger partial charge in [-0.05, 0) is 6.07 Å². The Kier molecular flexibility index (Phi) is 4.40. The Morgan fingerprint density at radius 3 is 2.86 bits per heavy atom. The average Bonchev–Trinajstić information content (AvgIpc) is 2.88. The van der Waals surface area contributed by atoms with E-state index in [0.717, 1.165) is 10.6 Å². The van der Waals surface area contributed by atoms with Gasteiger partial charge in [-0.2, -0.15) is 18.3 Å². The Morgan fingerprint density at radius 2 is 2.24 bits per heavy atom. The molecule has 0 amide bonds. The number of thioether (sulfide) groups is 1. The molecule has 0 radical (unpaired) electrons. The molecule has 2 heterocycles. The zero-order valence-electron chi connectivity index (χ0n) is 11.2. The summed E-state index contributed by atoms with van der Waals surface area (Å²) < 4.78 is 43.7. The highest BCUT2D eigenvalue weighted by Gasteiger charge is 2.34. The molecule has 0 saturated heterocycles. The summed E-state index contributed by atoms with van der Waals surface area (Å²) in [6.45, 7) is 1.68. The highest BCUT2D eigenvalue weighted by atomic mass is 32.2. The Balaban J connectivity index is 2.24. The van der Waals surface area contributed by atoms with Crippen LogP contribution < -0.4 is 0 Å². The molecule has 2 aromatic rings. The molecule has 1 atom stereocenters. The van der Waals surface area contributed by atoms with Gasteiger partial charge in [0.15, 0.2) is 5.69 Å². The number of alkyl halides is 3. The molecule has 0 N–H and O–H groups in total. The Hall–Kier alpha value is -1.77. The van der Waals surface area contributed by atoms with E-state index in [4.69, 9.17) is 0 Å². The number of nitrogens with zero attached hydrogens (tertiary/aromatic N) is 3. The number of carbonyl (C=O) groups is 1. The molecule has 0 bridgehead atoms. The molecule has 0 fully saturated rings. The van der Waals surface area contributed by atoms with Gasteiger partial charge in [0, 0.05) is 18.1 Å². The number of methoxy groups -OCH3 is 1. The number of esters is 1. The predicted molar refractivity (Wildman–Crippen MR) is 69.9 cm³/mol.